The largest absolute Gasteiger partial charge is 0.469 e. The fourth-order valence-corrected chi connectivity index (χ4v) is 1.58. The first-order valence-electron chi connectivity index (χ1n) is 4.30. The maximum absolute atomic E-state index is 10.4. The number of rotatable bonds is 3. The molecule has 1 saturated heterocycles. The standard InChI is InChI=1S/C6H13O9P/c7-3-2(1-14-16(11,12)13)15-6(10)5(9)4(3)8/h2-10H,1H2,(H2,11,12,13)/t2?,3-,4-,5?,6+/m1/s1. The van der Waals surface area contributed by atoms with Crippen molar-refractivity contribution >= 4 is 7.82 Å². The first-order chi connectivity index (χ1) is 7.22. The highest BCUT2D eigenvalue weighted by Gasteiger charge is 2.43. The van der Waals surface area contributed by atoms with Gasteiger partial charge in [0.1, 0.15) is 24.4 Å². The minimum atomic E-state index is -4.73. The summed E-state index contributed by atoms with van der Waals surface area (Å²) >= 11 is 0. The molecule has 0 saturated carbocycles. The van der Waals surface area contributed by atoms with Crippen molar-refractivity contribution in [1.82, 2.24) is 0 Å². The summed E-state index contributed by atoms with van der Waals surface area (Å²) in [5, 5.41) is 36.7. The van der Waals surface area contributed by atoms with E-state index in [4.69, 9.17) is 20.0 Å². The lowest BCUT2D eigenvalue weighted by atomic mass is 10.00. The lowest BCUT2D eigenvalue weighted by Crippen LogP contribution is -2.58. The molecule has 1 rings (SSSR count). The highest BCUT2D eigenvalue weighted by Crippen LogP contribution is 2.36. The van der Waals surface area contributed by atoms with Crippen molar-refractivity contribution in [3.05, 3.63) is 0 Å². The van der Waals surface area contributed by atoms with Crippen LogP contribution in [0.2, 0.25) is 0 Å². The quantitative estimate of drug-likeness (QED) is 0.289. The molecular formula is C6H13O9P. The molecule has 0 bridgehead atoms. The maximum Gasteiger partial charge on any atom is 0.469 e. The van der Waals surface area contributed by atoms with Crippen molar-refractivity contribution in [2.45, 2.75) is 30.7 Å². The van der Waals surface area contributed by atoms with Crippen LogP contribution in [0.25, 0.3) is 0 Å². The normalized spacial score (nSPS) is 41.0. The van der Waals surface area contributed by atoms with Gasteiger partial charge in [0.15, 0.2) is 6.29 Å². The van der Waals surface area contributed by atoms with Crippen molar-refractivity contribution < 1.29 is 44.0 Å². The van der Waals surface area contributed by atoms with E-state index < -0.39 is 45.1 Å². The fourth-order valence-electron chi connectivity index (χ4n) is 1.24. The molecule has 0 aromatic carbocycles. The van der Waals surface area contributed by atoms with Crippen molar-refractivity contribution in [2.75, 3.05) is 6.61 Å². The van der Waals surface area contributed by atoms with Gasteiger partial charge in [-0.2, -0.15) is 0 Å². The number of ether oxygens (including phenoxy) is 1. The van der Waals surface area contributed by atoms with E-state index in [1.54, 1.807) is 0 Å². The smallest absolute Gasteiger partial charge is 0.387 e. The first kappa shape index (κ1) is 14.0. The van der Waals surface area contributed by atoms with Crippen LogP contribution < -0.4 is 0 Å². The maximum atomic E-state index is 10.4. The highest BCUT2D eigenvalue weighted by atomic mass is 31.2. The summed E-state index contributed by atoms with van der Waals surface area (Å²) in [7, 11) is -4.73. The summed E-state index contributed by atoms with van der Waals surface area (Å²) in [6, 6.07) is 0. The van der Waals surface area contributed by atoms with Crippen LogP contribution in [0.5, 0.6) is 0 Å². The van der Waals surface area contributed by atoms with Gasteiger partial charge < -0.3 is 34.9 Å². The molecule has 96 valence electrons. The van der Waals surface area contributed by atoms with E-state index in [1.807, 2.05) is 0 Å². The molecule has 1 aliphatic heterocycles. The summed E-state index contributed by atoms with van der Waals surface area (Å²) in [5.41, 5.74) is 0. The number of aliphatic hydroxyl groups is 4. The Hall–Kier alpha value is -0.0900. The number of aliphatic hydroxyl groups excluding tert-OH is 4. The van der Waals surface area contributed by atoms with Gasteiger partial charge in [-0.15, -0.1) is 0 Å². The van der Waals surface area contributed by atoms with E-state index >= 15 is 0 Å². The number of phosphoric ester groups is 1. The lowest BCUT2D eigenvalue weighted by molar-refractivity contribution is -0.285. The predicted octanol–water partition coefficient (Wildman–Crippen LogP) is -3.10. The van der Waals surface area contributed by atoms with Crippen LogP contribution in [0.3, 0.4) is 0 Å². The van der Waals surface area contributed by atoms with E-state index in [0.717, 1.165) is 0 Å². The van der Waals surface area contributed by atoms with Crippen molar-refractivity contribution in [1.29, 1.82) is 0 Å². The van der Waals surface area contributed by atoms with Gasteiger partial charge in [0, 0.05) is 0 Å². The van der Waals surface area contributed by atoms with Crippen molar-refractivity contribution in [3.63, 3.8) is 0 Å². The molecule has 0 radical (unpaired) electrons. The molecule has 0 aromatic rings. The van der Waals surface area contributed by atoms with E-state index in [9.17, 15) is 14.8 Å². The molecule has 5 atom stereocenters. The third-order valence-corrected chi connectivity index (χ3v) is 2.58. The molecule has 6 N–H and O–H groups in total. The molecule has 1 aliphatic rings. The summed E-state index contributed by atoms with van der Waals surface area (Å²) in [5.74, 6) is 0. The van der Waals surface area contributed by atoms with Crippen LogP contribution in [0.4, 0.5) is 0 Å². The molecule has 0 aromatic heterocycles. The van der Waals surface area contributed by atoms with Gasteiger partial charge in [0.05, 0.1) is 6.61 Å². The molecular weight excluding hydrogens is 247 g/mol. The summed E-state index contributed by atoms with van der Waals surface area (Å²) < 4.78 is 19.0. The molecule has 0 amide bonds. The summed E-state index contributed by atoms with van der Waals surface area (Å²) in [6.45, 7) is -0.730. The minimum Gasteiger partial charge on any atom is -0.387 e. The number of hydrogen-bond donors (Lipinski definition) is 6. The molecule has 0 spiro atoms. The Balaban J connectivity index is 2.57. The van der Waals surface area contributed by atoms with Crippen LogP contribution >= 0.6 is 7.82 Å². The molecule has 2 unspecified atom stereocenters. The average molecular weight is 260 g/mol. The number of hydrogen-bond acceptors (Lipinski definition) is 7. The van der Waals surface area contributed by atoms with Crippen LogP contribution in [-0.4, -0.2) is 67.5 Å². The molecule has 1 fully saturated rings. The van der Waals surface area contributed by atoms with E-state index in [1.165, 1.54) is 0 Å². The van der Waals surface area contributed by atoms with Gasteiger partial charge in [-0.3, -0.25) is 4.52 Å². The Kier molecular flexibility index (Phi) is 4.41. The zero-order valence-electron chi connectivity index (χ0n) is 7.95. The summed E-state index contributed by atoms with van der Waals surface area (Å²) in [6.07, 6.45) is -8.11. The Morgan fingerprint density at radius 1 is 1.06 bits per heavy atom. The third-order valence-electron chi connectivity index (χ3n) is 2.09. The zero-order valence-corrected chi connectivity index (χ0v) is 8.84. The zero-order chi connectivity index (χ0) is 12.5. The van der Waals surface area contributed by atoms with Crippen LogP contribution in [0.15, 0.2) is 0 Å². The van der Waals surface area contributed by atoms with Crippen molar-refractivity contribution in [2.24, 2.45) is 0 Å². The molecule has 0 aliphatic carbocycles. The van der Waals surface area contributed by atoms with Gasteiger partial charge >= 0.3 is 7.82 Å². The van der Waals surface area contributed by atoms with Gasteiger partial charge in [-0.05, 0) is 0 Å². The van der Waals surface area contributed by atoms with E-state index in [-0.39, 0.29) is 0 Å². The van der Waals surface area contributed by atoms with Gasteiger partial charge in [-0.1, -0.05) is 0 Å². The first-order valence-corrected chi connectivity index (χ1v) is 5.83. The van der Waals surface area contributed by atoms with Crippen molar-refractivity contribution in [3.8, 4) is 0 Å². The Morgan fingerprint density at radius 2 is 1.62 bits per heavy atom. The topological polar surface area (TPSA) is 157 Å². The molecule has 1 heterocycles. The summed E-state index contributed by atoms with van der Waals surface area (Å²) in [4.78, 5) is 16.8. The molecule has 9 nitrogen and oxygen atoms in total. The SMILES string of the molecule is O=P(O)(O)OCC1O[C@H](O)C(O)[C@H](O)[C@@H]1O. The monoisotopic (exact) mass is 260 g/mol. The Labute approximate surface area is 90.1 Å². The molecule has 10 heteroatoms. The lowest BCUT2D eigenvalue weighted by Gasteiger charge is -2.38. The van der Waals surface area contributed by atoms with Crippen LogP contribution in [0.1, 0.15) is 0 Å². The van der Waals surface area contributed by atoms with Crippen LogP contribution in [-0.2, 0) is 13.8 Å². The Bertz CT molecular complexity index is 277. The van der Waals surface area contributed by atoms with Gasteiger partial charge in [0.2, 0.25) is 0 Å². The van der Waals surface area contributed by atoms with Gasteiger partial charge in [-0.25, -0.2) is 4.57 Å². The average Bonchev–Trinajstić information content (AvgIpc) is 2.17. The Morgan fingerprint density at radius 3 is 2.12 bits per heavy atom. The third kappa shape index (κ3) is 3.45. The van der Waals surface area contributed by atoms with E-state index in [2.05, 4.69) is 9.26 Å². The highest BCUT2D eigenvalue weighted by molar-refractivity contribution is 7.46. The predicted molar refractivity (Wildman–Crippen MR) is 46.9 cm³/mol. The van der Waals surface area contributed by atoms with Gasteiger partial charge in [0.25, 0.3) is 0 Å². The molecule has 16 heavy (non-hydrogen) atoms. The second kappa shape index (κ2) is 5.05. The number of phosphoric acid groups is 1. The second-order valence-corrected chi connectivity index (χ2v) is 4.56. The second-order valence-electron chi connectivity index (χ2n) is 3.32. The van der Waals surface area contributed by atoms with Crippen LogP contribution in [0, 0.1) is 0 Å². The fraction of sp³-hybridized carbons (Fsp3) is 1.00. The minimum absolute atomic E-state index is 0.730. The van der Waals surface area contributed by atoms with E-state index in [0.29, 0.717) is 0 Å².